The Morgan fingerprint density at radius 2 is 2.00 bits per heavy atom. The van der Waals surface area contributed by atoms with Crippen LogP contribution in [0.15, 0.2) is 0 Å². The molecule has 0 aliphatic heterocycles. The topological polar surface area (TPSA) is 29.1 Å². The average molecular weight is 204 g/mol. The molecule has 1 aliphatic rings. The van der Waals surface area contributed by atoms with Gasteiger partial charge < -0.3 is 5.32 Å². The van der Waals surface area contributed by atoms with Gasteiger partial charge in [0.2, 0.25) is 5.91 Å². The van der Waals surface area contributed by atoms with Crippen LogP contribution in [0.5, 0.6) is 0 Å². The Morgan fingerprint density at radius 3 is 2.54 bits per heavy atom. The Hall–Kier alpha value is -0.240. The largest absolute Gasteiger partial charge is 0.353 e. The summed E-state index contributed by atoms with van der Waals surface area (Å²) in [7, 11) is 0. The smallest absolute Gasteiger partial charge is 0.220 e. The maximum Gasteiger partial charge on any atom is 0.220 e. The molecule has 13 heavy (non-hydrogen) atoms. The van der Waals surface area contributed by atoms with Crippen molar-refractivity contribution in [2.45, 2.75) is 56.9 Å². The summed E-state index contributed by atoms with van der Waals surface area (Å²) in [5.74, 6) is 0.195. The molecule has 1 aliphatic carbocycles. The van der Waals surface area contributed by atoms with Crippen LogP contribution in [0.2, 0.25) is 0 Å². The Bertz CT molecular complexity index is 164. The van der Waals surface area contributed by atoms with E-state index >= 15 is 0 Å². The van der Waals surface area contributed by atoms with Gasteiger partial charge in [0.15, 0.2) is 0 Å². The van der Waals surface area contributed by atoms with E-state index in [-0.39, 0.29) is 5.91 Å². The zero-order valence-corrected chi connectivity index (χ0v) is 8.94. The lowest BCUT2D eigenvalue weighted by Crippen LogP contribution is -2.37. The summed E-state index contributed by atoms with van der Waals surface area (Å²) in [5.41, 5.74) is 0. The van der Waals surface area contributed by atoms with Crippen molar-refractivity contribution >= 4 is 17.5 Å². The molecule has 0 spiro atoms. The second-order valence-electron chi connectivity index (χ2n) is 3.77. The predicted octanol–water partition coefficient (Wildman–Crippen LogP) is 2.45. The van der Waals surface area contributed by atoms with Crippen LogP contribution in [0.25, 0.3) is 0 Å². The molecule has 1 N–H and O–H groups in total. The molecule has 1 rings (SSSR count). The molecular formula is C10H18ClNO. The van der Waals surface area contributed by atoms with Crippen molar-refractivity contribution in [2.75, 3.05) is 0 Å². The minimum Gasteiger partial charge on any atom is -0.353 e. The Morgan fingerprint density at radius 1 is 1.38 bits per heavy atom. The molecule has 0 heterocycles. The molecule has 3 heteroatoms. The van der Waals surface area contributed by atoms with Crippen molar-refractivity contribution < 1.29 is 4.79 Å². The monoisotopic (exact) mass is 203 g/mol. The highest BCUT2D eigenvalue weighted by atomic mass is 35.5. The van der Waals surface area contributed by atoms with E-state index in [0.29, 0.717) is 17.8 Å². The fraction of sp³-hybridized carbons (Fsp3) is 0.900. The highest BCUT2D eigenvalue weighted by Gasteiger charge is 2.20. The minimum absolute atomic E-state index is 0.195. The highest BCUT2D eigenvalue weighted by molar-refractivity contribution is 6.20. The molecule has 0 aromatic rings. The number of amides is 1. The van der Waals surface area contributed by atoms with E-state index in [4.69, 9.17) is 11.6 Å². The van der Waals surface area contributed by atoms with Gasteiger partial charge in [0.1, 0.15) is 0 Å². The van der Waals surface area contributed by atoms with E-state index in [1.54, 1.807) is 0 Å². The molecule has 0 unspecified atom stereocenters. The molecule has 1 saturated carbocycles. The van der Waals surface area contributed by atoms with Gasteiger partial charge in [-0.25, -0.2) is 0 Å². The fourth-order valence-corrected chi connectivity index (χ4v) is 1.98. The fourth-order valence-electron chi connectivity index (χ4n) is 1.72. The second kappa shape index (κ2) is 5.48. The average Bonchev–Trinajstić information content (AvgIpc) is 2.09. The van der Waals surface area contributed by atoms with Crippen LogP contribution in [0.4, 0.5) is 0 Å². The van der Waals surface area contributed by atoms with E-state index in [0.717, 1.165) is 32.1 Å². The van der Waals surface area contributed by atoms with Crippen molar-refractivity contribution in [3.8, 4) is 0 Å². The summed E-state index contributed by atoms with van der Waals surface area (Å²) in [5, 5.41) is 3.38. The summed E-state index contributed by atoms with van der Waals surface area (Å²) >= 11 is 5.97. The van der Waals surface area contributed by atoms with Gasteiger partial charge in [0, 0.05) is 17.8 Å². The van der Waals surface area contributed by atoms with E-state index in [1.165, 1.54) is 0 Å². The van der Waals surface area contributed by atoms with Crippen LogP contribution < -0.4 is 5.32 Å². The van der Waals surface area contributed by atoms with Gasteiger partial charge in [-0.3, -0.25) is 4.79 Å². The first-order chi connectivity index (χ1) is 6.22. The van der Waals surface area contributed by atoms with Crippen molar-refractivity contribution in [3.63, 3.8) is 0 Å². The quantitative estimate of drug-likeness (QED) is 0.702. The number of alkyl halides is 1. The maximum absolute atomic E-state index is 11.2. The third kappa shape index (κ3) is 3.99. The zero-order chi connectivity index (χ0) is 9.68. The molecule has 1 fully saturated rings. The summed E-state index contributed by atoms with van der Waals surface area (Å²) in [4.78, 5) is 11.2. The molecule has 0 bridgehead atoms. The Balaban J connectivity index is 2.18. The summed E-state index contributed by atoms with van der Waals surface area (Å²) in [6.07, 6.45) is 5.75. The van der Waals surface area contributed by atoms with Crippen LogP contribution in [-0.2, 0) is 4.79 Å². The van der Waals surface area contributed by atoms with Crippen molar-refractivity contribution in [2.24, 2.45) is 0 Å². The third-order valence-electron chi connectivity index (χ3n) is 2.50. The maximum atomic E-state index is 11.2. The molecule has 2 nitrogen and oxygen atoms in total. The van der Waals surface area contributed by atoms with Crippen molar-refractivity contribution in [1.82, 2.24) is 5.32 Å². The van der Waals surface area contributed by atoms with Crippen LogP contribution >= 0.6 is 11.6 Å². The van der Waals surface area contributed by atoms with Crippen LogP contribution in [0.3, 0.4) is 0 Å². The van der Waals surface area contributed by atoms with Crippen LogP contribution in [0, 0.1) is 0 Å². The molecule has 76 valence electrons. The lowest BCUT2D eigenvalue weighted by molar-refractivity contribution is -0.122. The Labute approximate surface area is 85.0 Å². The standard InChI is InChI=1S/C10H18ClNO/c1-2-3-10(13)12-9-6-4-8(11)5-7-9/h8-9H,2-7H2,1H3,(H,12,13). The third-order valence-corrected chi connectivity index (χ3v) is 2.94. The summed E-state index contributed by atoms with van der Waals surface area (Å²) in [6.45, 7) is 2.02. The SMILES string of the molecule is CCCC(=O)NC1CCC(Cl)CC1. The van der Waals surface area contributed by atoms with Crippen molar-refractivity contribution in [3.05, 3.63) is 0 Å². The molecule has 0 aromatic heterocycles. The first-order valence-electron chi connectivity index (χ1n) is 5.15. The van der Waals surface area contributed by atoms with Gasteiger partial charge in [-0.1, -0.05) is 6.92 Å². The van der Waals surface area contributed by atoms with Gasteiger partial charge in [-0.05, 0) is 32.1 Å². The van der Waals surface area contributed by atoms with Crippen LogP contribution in [0.1, 0.15) is 45.4 Å². The number of carbonyl (C=O) groups excluding carboxylic acids is 1. The predicted molar refractivity (Wildman–Crippen MR) is 54.9 cm³/mol. The van der Waals surface area contributed by atoms with Gasteiger partial charge in [-0.15, -0.1) is 11.6 Å². The molecule has 0 aromatic carbocycles. The number of halogens is 1. The van der Waals surface area contributed by atoms with Gasteiger partial charge >= 0.3 is 0 Å². The van der Waals surface area contributed by atoms with Gasteiger partial charge in [0.25, 0.3) is 0 Å². The number of nitrogens with one attached hydrogen (secondary N) is 1. The molecule has 0 radical (unpaired) electrons. The molecule has 0 atom stereocenters. The normalized spacial score (nSPS) is 28.5. The summed E-state index contributed by atoms with van der Waals surface area (Å²) < 4.78 is 0. The van der Waals surface area contributed by atoms with Crippen molar-refractivity contribution in [1.29, 1.82) is 0 Å². The first kappa shape index (κ1) is 10.8. The van der Waals surface area contributed by atoms with Gasteiger partial charge in [-0.2, -0.15) is 0 Å². The molecule has 0 saturated heterocycles. The number of carbonyl (C=O) groups is 1. The summed E-state index contributed by atoms with van der Waals surface area (Å²) in [6, 6.07) is 0.383. The van der Waals surface area contributed by atoms with E-state index in [1.807, 2.05) is 6.92 Å². The first-order valence-corrected chi connectivity index (χ1v) is 5.59. The lowest BCUT2D eigenvalue weighted by atomic mass is 9.95. The lowest BCUT2D eigenvalue weighted by Gasteiger charge is -2.25. The number of rotatable bonds is 3. The number of hydrogen-bond donors (Lipinski definition) is 1. The minimum atomic E-state index is 0.195. The van der Waals surface area contributed by atoms with E-state index in [2.05, 4.69) is 5.32 Å². The second-order valence-corrected chi connectivity index (χ2v) is 4.38. The Kier molecular flexibility index (Phi) is 4.57. The molecular weight excluding hydrogens is 186 g/mol. The van der Waals surface area contributed by atoms with Gasteiger partial charge in [0.05, 0.1) is 0 Å². The highest BCUT2D eigenvalue weighted by Crippen LogP contribution is 2.22. The van der Waals surface area contributed by atoms with E-state index in [9.17, 15) is 4.79 Å². The van der Waals surface area contributed by atoms with E-state index < -0.39 is 0 Å². The number of hydrogen-bond acceptors (Lipinski definition) is 1. The van der Waals surface area contributed by atoms with Crippen LogP contribution in [-0.4, -0.2) is 17.3 Å². The zero-order valence-electron chi connectivity index (χ0n) is 8.18. The molecule has 1 amide bonds.